The van der Waals surface area contributed by atoms with E-state index in [2.05, 4.69) is 0 Å². The number of carboxylic acid groups (broad SMARTS) is 1. The van der Waals surface area contributed by atoms with Crippen LogP contribution in [0.4, 0.5) is 23.2 Å². The molecule has 0 aliphatic carbocycles. The van der Waals surface area contributed by atoms with Crippen LogP contribution in [-0.2, 0) is 10.7 Å². The molecule has 92 valence electrons. The molecule has 0 spiro atoms. The molecule has 0 heterocycles. The maximum atomic E-state index is 13.2. The van der Waals surface area contributed by atoms with Crippen LogP contribution in [0.3, 0.4) is 0 Å². The highest BCUT2D eigenvalue weighted by Crippen LogP contribution is 2.35. The van der Waals surface area contributed by atoms with Gasteiger partial charge in [-0.1, -0.05) is 0 Å². The minimum absolute atomic E-state index is 0.202. The summed E-state index contributed by atoms with van der Waals surface area (Å²) in [5, 5.41) is 18.4. The maximum absolute atomic E-state index is 13.2. The topological polar surface area (TPSA) is 80.4 Å². The summed E-state index contributed by atoms with van der Waals surface area (Å²) in [6.45, 7) is 0. The predicted molar refractivity (Wildman–Crippen MR) is 44.5 cm³/mol. The minimum Gasteiger partial charge on any atom is -0.477 e. The van der Waals surface area contributed by atoms with Gasteiger partial charge < -0.3 is 5.11 Å². The van der Waals surface area contributed by atoms with Crippen molar-refractivity contribution in [3.05, 3.63) is 39.4 Å². The van der Waals surface area contributed by atoms with Crippen LogP contribution in [-0.4, -0.2) is 16.0 Å². The minimum atomic E-state index is -4.89. The molecule has 0 fully saturated rings. The molecule has 1 rings (SSSR count). The SMILES string of the molecule is O=C(O)C(F)(F)c1c(F)ccc([N+](=O)[O-])c1F. The fourth-order valence-electron chi connectivity index (χ4n) is 1.08. The number of nitrogens with zero attached hydrogens (tertiary/aromatic N) is 1. The van der Waals surface area contributed by atoms with Crippen LogP contribution >= 0.6 is 0 Å². The third kappa shape index (κ3) is 2.03. The van der Waals surface area contributed by atoms with E-state index in [9.17, 15) is 32.5 Å². The second-order valence-corrected chi connectivity index (χ2v) is 2.89. The molecule has 1 aromatic carbocycles. The summed E-state index contributed by atoms with van der Waals surface area (Å²) in [6.07, 6.45) is 0. The fourth-order valence-corrected chi connectivity index (χ4v) is 1.08. The summed E-state index contributed by atoms with van der Waals surface area (Å²) < 4.78 is 52.0. The molecule has 0 saturated carbocycles. The summed E-state index contributed by atoms with van der Waals surface area (Å²) in [5.41, 5.74) is -3.58. The Kier molecular flexibility index (Phi) is 3.03. The lowest BCUT2D eigenvalue weighted by atomic mass is 10.1. The molecule has 17 heavy (non-hydrogen) atoms. The number of benzene rings is 1. The van der Waals surface area contributed by atoms with Crippen molar-refractivity contribution in [1.82, 2.24) is 0 Å². The highest BCUT2D eigenvalue weighted by Gasteiger charge is 2.47. The normalized spacial score (nSPS) is 11.3. The molecular weight excluding hydrogens is 250 g/mol. The highest BCUT2D eigenvalue weighted by atomic mass is 19.3. The molecule has 0 amide bonds. The van der Waals surface area contributed by atoms with Crippen LogP contribution in [0.5, 0.6) is 0 Å². The zero-order chi connectivity index (χ0) is 13.4. The van der Waals surface area contributed by atoms with Gasteiger partial charge >= 0.3 is 17.6 Å². The highest BCUT2D eigenvalue weighted by molar-refractivity contribution is 5.77. The van der Waals surface area contributed by atoms with E-state index in [1.807, 2.05) is 0 Å². The first-order valence-electron chi connectivity index (χ1n) is 3.93. The first kappa shape index (κ1) is 12.9. The third-order valence-electron chi connectivity index (χ3n) is 1.85. The molecule has 0 unspecified atom stereocenters. The van der Waals surface area contributed by atoms with Gasteiger partial charge in [-0.2, -0.15) is 13.2 Å². The number of nitro benzene ring substituents is 1. The third-order valence-corrected chi connectivity index (χ3v) is 1.85. The molecular formula is C8H3F4NO4. The first-order valence-corrected chi connectivity index (χ1v) is 3.93. The molecule has 0 saturated heterocycles. The summed E-state index contributed by atoms with van der Waals surface area (Å²) in [7, 11) is 0. The van der Waals surface area contributed by atoms with Crippen molar-refractivity contribution in [2.75, 3.05) is 0 Å². The van der Waals surface area contributed by atoms with Gasteiger partial charge in [0.25, 0.3) is 0 Å². The van der Waals surface area contributed by atoms with Crippen molar-refractivity contribution in [2.45, 2.75) is 5.92 Å². The molecule has 0 radical (unpaired) electrons. The molecule has 0 aliphatic heterocycles. The molecule has 5 nitrogen and oxygen atoms in total. The quantitative estimate of drug-likeness (QED) is 0.507. The van der Waals surface area contributed by atoms with Crippen molar-refractivity contribution in [1.29, 1.82) is 0 Å². The van der Waals surface area contributed by atoms with Gasteiger partial charge in [-0.15, -0.1) is 0 Å². The number of hydrogen-bond acceptors (Lipinski definition) is 3. The van der Waals surface area contributed by atoms with E-state index >= 15 is 0 Å². The van der Waals surface area contributed by atoms with Crippen LogP contribution in [0.1, 0.15) is 5.56 Å². The average molecular weight is 253 g/mol. The molecule has 1 N–H and O–H groups in total. The molecule has 0 aromatic heterocycles. The van der Waals surface area contributed by atoms with E-state index < -0.39 is 39.7 Å². The van der Waals surface area contributed by atoms with E-state index in [0.717, 1.165) is 0 Å². The molecule has 0 atom stereocenters. The zero-order valence-electron chi connectivity index (χ0n) is 7.79. The van der Waals surface area contributed by atoms with Gasteiger partial charge in [-0.05, 0) is 6.07 Å². The number of alkyl halides is 2. The van der Waals surface area contributed by atoms with Crippen LogP contribution in [0, 0.1) is 21.7 Å². The Hall–Kier alpha value is -2.19. The number of carbonyl (C=O) groups is 1. The second-order valence-electron chi connectivity index (χ2n) is 2.89. The molecule has 1 aromatic rings. The average Bonchev–Trinajstić information content (AvgIpc) is 2.16. The lowest BCUT2D eigenvalue weighted by Gasteiger charge is -2.12. The van der Waals surface area contributed by atoms with Gasteiger partial charge in [0.15, 0.2) is 0 Å². The summed E-state index contributed by atoms with van der Waals surface area (Å²) in [4.78, 5) is 19.0. The van der Waals surface area contributed by atoms with E-state index in [1.165, 1.54) is 0 Å². The monoisotopic (exact) mass is 253 g/mol. The maximum Gasteiger partial charge on any atom is 0.379 e. The van der Waals surface area contributed by atoms with Gasteiger partial charge in [0.05, 0.1) is 4.92 Å². The number of nitro groups is 1. The summed E-state index contributed by atoms with van der Waals surface area (Å²) >= 11 is 0. The van der Waals surface area contributed by atoms with Crippen molar-refractivity contribution in [3.63, 3.8) is 0 Å². The fraction of sp³-hybridized carbons (Fsp3) is 0.125. The number of hydrogen-bond donors (Lipinski definition) is 1. The number of rotatable bonds is 3. The molecule has 0 bridgehead atoms. The van der Waals surface area contributed by atoms with Gasteiger partial charge in [0.2, 0.25) is 5.82 Å². The smallest absolute Gasteiger partial charge is 0.379 e. The van der Waals surface area contributed by atoms with Gasteiger partial charge in [-0.25, -0.2) is 9.18 Å². The lowest BCUT2D eigenvalue weighted by Crippen LogP contribution is -2.28. The van der Waals surface area contributed by atoms with E-state index in [1.54, 1.807) is 0 Å². The predicted octanol–water partition coefficient (Wildman–Crippen LogP) is 2.05. The van der Waals surface area contributed by atoms with E-state index in [0.29, 0.717) is 6.07 Å². The lowest BCUT2D eigenvalue weighted by molar-refractivity contribution is -0.387. The van der Waals surface area contributed by atoms with Gasteiger partial charge in [0.1, 0.15) is 11.4 Å². The molecule has 0 aliphatic rings. The van der Waals surface area contributed by atoms with E-state index in [-0.39, 0.29) is 6.07 Å². The Balaban J connectivity index is 3.58. The largest absolute Gasteiger partial charge is 0.477 e. The van der Waals surface area contributed by atoms with Crippen molar-refractivity contribution in [3.8, 4) is 0 Å². The Morgan fingerprint density at radius 3 is 2.29 bits per heavy atom. The van der Waals surface area contributed by atoms with Gasteiger partial charge in [0, 0.05) is 6.07 Å². The van der Waals surface area contributed by atoms with Crippen molar-refractivity contribution < 1.29 is 32.4 Å². The van der Waals surface area contributed by atoms with Gasteiger partial charge in [-0.3, -0.25) is 10.1 Å². The van der Waals surface area contributed by atoms with Crippen molar-refractivity contribution in [2.24, 2.45) is 0 Å². The summed E-state index contributed by atoms with van der Waals surface area (Å²) in [6, 6.07) is 0.527. The Bertz CT molecular complexity index is 503. The Labute approximate surface area is 90.4 Å². The van der Waals surface area contributed by atoms with Crippen molar-refractivity contribution >= 4 is 11.7 Å². The van der Waals surface area contributed by atoms with Crippen LogP contribution in [0.25, 0.3) is 0 Å². The summed E-state index contributed by atoms with van der Waals surface area (Å²) in [5.74, 6) is -11.8. The second kappa shape index (κ2) is 4.00. The first-order chi connectivity index (χ1) is 7.69. The number of halogens is 4. The van der Waals surface area contributed by atoms with Crippen LogP contribution < -0.4 is 0 Å². The zero-order valence-corrected chi connectivity index (χ0v) is 7.79. The van der Waals surface area contributed by atoms with E-state index in [4.69, 9.17) is 5.11 Å². The van der Waals surface area contributed by atoms with Crippen LogP contribution in [0.2, 0.25) is 0 Å². The Morgan fingerprint density at radius 2 is 1.88 bits per heavy atom. The Morgan fingerprint density at radius 1 is 1.35 bits per heavy atom. The van der Waals surface area contributed by atoms with Crippen LogP contribution in [0.15, 0.2) is 12.1 Å². The standard InChI is InChI=1S/C8H3F4NO4/c9-3-1-2-4(13(16)17)6(10)5(3)8(11,12)7(14)15/h1-2H,(H,14,15). The number of aliphatic carboxylic acids is 1. The number of carboxylic acids is 1. The molecule has 9 heteroatoms.